The van der Waals surface area contributed by atoms with Crippen LogP contribution >= 0.6 is 11.8 Å². The Balaban J connectivity index is 1.71. The van der Waals surface area contributed by atoms with Crippen LogP contribution in [0.25, 0.3) is 16.7 Å². The predicted octanol–water partition coefficient (Wildman–Crippen LogP) is 6.09. The number of carbonyl (C=O) groups is 1. The van der Waals surface area contributed by atoms with Crippen LogP contribution < -0.4 is 10.6 Å². The number of amides is 1. The summed E-state index contributed by atoms with van der Waals surface area (Å²) in [5.41, 5.74) is 7.41. The van der Waals surface area contributed by atoms with E-state index in [4.69, 9.17) is 4.98 Å². The van der Waals surface area contributed by atoms with Crippen molar-refractivity contribution in [2.75, 3.05) is 16.9 Å². The van der Waals surface area contributed by atoms with Gasteiger partial charge in [0.2, 0.25) is 5.95 Å². The summed E-state index contributed by atoms with van der Waals surface area (Å²) in [4.78, 5) is 19.7. The zero-order valence-electron chi connectivity index (χ0n) is 19.1. The molecule has 5 nitrogen and oxygen atoms in total. The summed E-state index contributed by atoms with van der Waals surface area (Å²) in [6.07, 6.45) is 2.06. The first kappa shape index (κ1) is 21.3. The second kappa shape index (κ2) is 8.45. The maximum Gasteiger partial charge on any atom is 0.255 e. The zero-order chi connectivity index (χ0) is 23.1. The van der Waals surface area contributed by atoms with Gasteiger partial charge in [-0.05, 0) is 68.5 Å². The van der Waals surface area contributed by atoms with Gasteiger partial charge < -0.3 is 10.6 Å². The van der Waals surface area contributed by atoms with Crippen LogP contribution in [-0.4, -0.2) is 27.8 Å². The number of fused-ring (bicyclic) bond motifs is 3. The average molecular weight is 455 g/mol. The molecule has 2 N–H and O–H groups in total. The van der Waals surface area contributed by atoms with E-state index in [1.807, 2.05) is 50.2 Å². The molecule has 1 aliphatic heterocycles. The van der Waals surface area contributed by atoms with Gasteiger partial charge in [0.1, 0.15) is 0 Å². The predicted molar refractivity (Wildman–Crippen MR) is 138 cm³/mol. The highest BCUT2D eigenvalue weighted by Crippen LogP contribution is 2.37. The van der Waals surface area contributed by atoms with Crippen molar-refractivity contribution in [2.45, 2.75) is 31.7 Å². The topological polar surface area (TPSA) is 59.0 Å². The van der Waals surface area contributed by atoms with Crippen LogP contribution in [0, 0.1) is 13.8 Å². The van der Waals surface area contributed by atoms with Gasteiger partial charge in [-0.1, -0.05) is 42.0 Å². The third-order valence-electron chi connectivity index (χ3n) is 6.06. The SMILES string of the molecule is CSc1ccc(C2=C(C(=O)Nc3ccc(C)cc3C)[C@H](C)Nc3nc4ccccc4n32)cc1. The summed E-state index contributed by atoms with van der Waals surface area (Å²) in [6, 6.07) is 22.2. The number of hydrogen-bond acceptors (Lipinski definition) is 4. The number of para-hydroxylation sites is 2. The van der Waals surface area contributed by atoms with Crippen molar-refractivity contribution in [3.05, 3.63) is 89.0 Å². The van der Waals surface area contributed by atoms with Gasteiger partial charge in [0.05, 0.1) is 28.3 Å². The fraction of sp³-hybridized carbons (Fsp3) is 0.185. The number of aromatic nitrogens is 2. The molecular weight excluding hydrogens is 428 g/mol. The zero-order valence-corrected chi connectivity index (χ0v) is 20.0. The van der Waals surface area contributed by atoms with Crippen LogP contribution in [0.4, 0.5) is 11.6 Å². The smallest absolute Gasteiger partial charge is 0.255 e. The minimum Gasteiger partial charge on any atom is -0.349 e. The van der Waals surface area contributed by atoms with E-state index in [9.17, 15) is 4.79 Å². The second-order valence-electron chi connectivity index (χ2n) is 8.39. The van der Waals surface area contributed by atoms with Crippen molar-refractivity contribution in [3.8, 4) is 0 Å². The van der Waals surface area contributed by atoms with E-state index >= 15 is 0 Å². The number of carbonyl (C=O) groups excluding carboxylic acids is 1. The molecule has 0 unspecified atom stereocenters. The normalized spacial score (nSPS) is 15.3. The van der Waals surface area contributed by atoms with Crippen LogP contribution in [0.1, 0.15) is 23.6 Å². The molecule has 1 amide bonds. The highest BCUT2D eigenvalue weighted by Gasteiger charge is 2.32. The van der Waals surface area contributed by atoms with E-state index in [1.165, 1.54) is 10.5 Å². The molecule has 33 heavy (non-hydrogen) atoms. The first-order valence-corrected chi connectivity index (χ1v) is 12.2. The van der Waals surface area contributed by atoms with Gasteiger partial charge in [0.25, 0.3) is 5.91 Å². The van der Waals surface area contributed by atoms with Gasteiger partial charge >= 0.3 is 0 Å². The van der Waals surface area contributed by atoms with E-state index in [0.29, 0.717) is 5.57 Å². The van der Waals surface area contributed by atoms with E-state index < -0.39 is 0 Å². The van der Waals surface area contributed by atoms with Crippen molar-refractivity contribution in [2.24, 2.45) is 0 Å². The van der Waals surface area contributed by atoms with Crippen molar-refractivity contribution in [3.63, 3.8) is 0 Å². The third-order valence-corrected chi connectivity index (χ3v) is 6.80. The molecule has 1 aromatic heterocycles. The highest BCUT2D eigenvalue weighted by molar-refractivity contribution is 7.98. The van der Waals surface area contributed by atoms with E-state index in [0.717, 1.165) is 39.5 Å². The number of rotatable bonds is 4. The second-order valence-corrected chi connectivity index (χ2v) is 9.27. The number of benzene rings is 3. The van der Waals surface area contributed by atoms with E-state index in [-0.39, 0.29) is 11.9 Å². The Kier molecular flexibility index (Phi) is 5.46. The summed E-state index contributed by atoms with van der Waals surface area (Å²) < 4.78 is 2.07. The molecule has 0 bridgehead atoms. The molecule has 5 rings (SSSR count). The molecule has 3 aromatic carbocycles. The lowest BCUT2D eigenvalue weighted by Crippen LogP contribution is -2.34. The fourth-order valence-corrected chi connectivity index (χ4v) is 4.83. The van der Waals surface area contributed by atoms with Crippen molar-refractivity contribution in [1.82, 2.24) is 9.55 Å². The number of aryl methyl sites for hydroxylation is 2. The maximum absolute atomic E-state index is 13.7. The Hall–Kier alpha value is -3.51. The molecule has 0 aliphatic carbocycles. The summed E-state index contributed by atoms with van der Waals surface area (Å²) in [5, 5.41) is 6.60. The number of imidazole rings is 1. The first-order chi connectivity index (χ1) is 16.0. The third kappa shape index (κ3) is 3.80. The fourth-order valence-electron chi connectivity index (χ4n) is 4.42. The number of nitrogens with one attached hydrogen (secondary N) is 2. The number of nitrogens with zero attached hydrogens (tertiary/aromatic N) is 2. The molecule has 1 aliphatic rings. The summed E-state index contributed by atoms with van der Waals surface area (Å²) in [7, 11) is 0. The Morgan fingerprint density at radius 2 is 1.82 bits per heavy atom. The monoisotopic (exact) mass is 454 g/mol. The highest BCUT2D eigenvalue weighted by atomic mass is 32.2. The Morgan fingerprint density at radius 3 is 2.55 bits per heavy atom. The van der Waals surface area contributed by atoms with Crippen LogP contribution in [-0.2, 0) is 4.79 Å². The molecular formula is C27H26N4OS. The van der Waals surface area contributed by atoms with Crippen molar-refractivity contribution < 1.29 is 4.79 Å². The standard InChI is InChI=1S/C27H26N4OS/c1-16-9-14-21(17(2)15-16)29-26(32)24-18(3)28-27-30-22-7-5-6-8-23(22)31(27)25(24)19-10-12-20(33-4)13-11-19/h5-15,18H,1-4H3,(H,28,30)(H,29,32)/t18-/m0/s1. The van der Waals surface area contributed by atoms with Crippen LogP contribution in [0.5, 0.6) is 0 Å². The first-order valence-electron chi connectivity index (χ1n) is 11.0. The molecule has 0 spiro atoms. The molecule has 0 saturated heterocycles. The molecule has 6 heteroatoms. The van der Waals surface area contributed by atoms with Crippen LogP contribution in [0.3, 0.4) is 0 Å². The summed E-state index contributed by atoms with van der Waals surface area (Å²) in [6.45, 7) is 6.08. The number of hydrogen-bond donors (Lipinski definition) is 2. The lowest BCUT2D eigenvalue weighted by molar-refractivity contribution is -0.113. The quantitative estimate of drug-likeness (QED) is 0.367. The molecule has 4 aromatic rings. The molecule has 1 atom stereocenters. The van der Waals surface area contributed by atoms with Gasteiger partial charge in [0, 0.05) is 10.6 Å². The summed E-state index contributed by atoms with van der Waals surface area (Å²) in [5.74, 6) is 0.630. The van der Waals surface area contributed by atoms with E-state index in [2.05, 4.69) is 58.7 Å². The van der Waals surface area contributed by atoms with Crippen LogP contribution in [0.2, 0.25) is 0 Å². The van der Waals surface area contributed by atoms with Gasteiger partial charge in [-0.25, -0.2) is 4.98 Å². The summed E-state index contributed by atoms with van der Waals surface area (Å²) >= 11 is 1.70. The largest absolute Gasteiger partial charge is 0.349 e. The molecule has 0 radical (unpaired) electrons. The Bertz CT molecular complexity index is 1400. The minimum absolute atomic E-state index is 0.116. The van der Waals surface area contributed by atoms with E-state index in [1.54, 1.807) is 11.8 Å². The minimum atomic E-state index is -0.213. The molecule has 0 fully saturated rings. The van der Waals surface area contributed by atoms with Gasteiger partial charge in [-0.2, -0.15) is 0 Å². The lowest BCUT2D eigenvalue weighted by Gasteiger charge is -2.29. The molecule has 166 valence electrons. The molecule has 2 heterocycles. The lowest BCUT2D eigenvalue weighted by atomic mass is 9.97. The van der Waals surface area contributed by atoms with Crippen LogP contribution in [0.15, 0.2) is 77.2 Å². The van der Waals surface area contributed by atoms with Gasteiger partial charge in [0.15, 0.2) is 0 Å². The van der Waals surface area contributed by atoms with Crippen molar-refractivity contribution >= 4 is 46.0 Å². The Morgan fingerprint density at radius 1 is 1.06 bits per heavy atom. The number of thioether (sulfide) groups is 1. The van der Waals surface area contributed by atoms with Crippen molar-refractivity contribution in [1.29, 1.82) is 0 Å². The molecule has 0 saturated carbocycles. The Labute approximate surface area is 197 Å². The average Bonchev–Trinajstić information content (AvgIpc) is 3.18. The van der Waals surface area contributed by atoms with Gasteiger partial charge in [-0.3, -0.25) is 9.36 Å². The van der Waals surface area contributed by atoms with Gasteiger partial charge in [-0.15, -0.1) is 11.8 Å². The maximum atomic E-state index is 13.7. The number of anilines is 2.